The number of hydrogen-bond donors (Lipinski definition) is 0. The number of hydrogen-bond acceptors (Lipinski definition) is 0. The van der Waals surface area contributed by atoms with E-state index in [4.69, 9.17) is 0 Å². The molecule has 2 aliphatic carbocycles. The standard InChI is InChI=1S/2C10H9.2C7H7.C2H4.Ti/c2*1-8-6-9-4-2-3-5-10(9)7-8;2*1-7-5-3-2-4-6-7;1-2;/h2*2-7H,1H3;2*2-6H,1H2;1H,2H3;. The van der Waals surface area contributed by atoms with Gasteiger partial charge in [-0.1, -0.05) is 0 Å². The minimum atomic E-state index is -3.89. The first kappa shape index (κ1) is 24.3. The topological polar surface area (TPSA) is 0 Å². The van der Waals surface area contributed by atoms with Crippen molar-refractivity contribution in [2.24, 2.45) is 0 Å². The Morgan fingerprint density at radius 1 is 0.541 bits per heavy atom. The Morgan fingerprint density at radius 3 is 1.32 bits per heavy atom. The molecule has 0 spiro atoms. The van der Waals surface area contributed by atoms with Crippen molar-refractivity contribution in [1.82, 2.24) is 0 Å². The van der Waals surface area contributed by atoms with Crippen LogP contribution in [0.5, 0.6) is 0 Å². The molecular formula is C36H36Ti. The second kappa shape index (κ2) is 9.36. The zero-order chi connectivity index (χ0) is 25.5. The van der Waals surface area contributed by atoms with E-state index in [2.05, 4.69) is 146 Å². The predicted molar refractivity (Wildman–Crippen MR) is 158 cm³/mol. The van der Waals surface area contributed by atoms with Crippen LogP contribution < -0.4 is 0 Å². The molecule has 0 saturated carbocycles. The molecule has 2 atom stereocenters. The fraction of sp³-hybridized carbons (Fsp3) is 0.194. The zero-order valence-corrected chi connectivity index (χ0v) is 23.8. The first-order valence-corrected chi connectivity index (χ1v) is 18.6. The summed E-state index contributed by atoms with van der Waals surface area (Å²) in [6.45, 7) is 7.24. The van der Waals surface area contributed by atoms with Gasteiger partial charge in [-0.2, -0.15) is 0 Å². The Hall–Kier alpha value is -3.06. The van der Waals surface area contributed by atoms with Gasteiger partial charge in [0.05, 0.1) is 0 Å². The molecule has 0 amide bonds. The van der Waals surface area contributed by atoms with Crippen molar-refractivity contribution in [3.8, 4) is 0 Å². The third kappa shape index (κ3) is 3.81. The summed E-state index contributed by atoms with van der Waals surface area (Å²) in [7, 11) is 0. The summed E-state index contributed by atoms with van der Waals surface area (Å²) in [6.07, 6.45) is 4.98. The summed E-state index contributed by atoms with van der Waals surface area (Å²) in [4.78, 5) is 0. The van der Waals surface area contributed by atoms with Gasteiger partial charge in [-0.15, -0.1) is 0 Å². The van der Waals surface area contributed by atoms with Crippen molar-refractivity contribution in [1.29, 1.82) is 0 Å². The summed E-state index contributed by atoms with van der Waals surface area (Å²) >= 11 is -3.89. The van der Waals surface area contributed by atoms with Crippen LogP contribution in [0, 0.1) is 0 Å². The van der Waals surface area contributed by atoms with Gasteiger partial charge in [0.2, 0.25) is 0 Å². The average Bonchev–Trinajstić information content (AvgIpc) is 3.46. The van der Waals surface area contributed by atoms with Crippen molar-refractivity contribution < 1.29 is 14.8 Å². The fourth-order valence-corrected chi connectivity index (χ4v) is 23.0. The van der Waals surface area contributed by atoms with E-state index in [1.807, 2.05) is 0 Å². The van der Waals surface area contributed by atoms with E-state index in [1.54, 1.807) is 22.3 Å². The van der Waals surface area contributed by atoms with Crippen LogP contribution >= 0.6 is 0 Å². The van der Waals surface area contributed by atoms with Crippen molar-refractivity contribution in [3.63, 3.8) is 0 Å². The monoisotopic (exact) mass is 516 g/mol. The third-order valence-corrected chi connectivity index (χ3v) is 22.8. The fourth-order valence-electron chi connectivity index (χ4n) is 8.29. The van der Waals surface area contributed by atoms with Crippen LogP contribution in [-0.2, 0) is 24.3 Å². The van der Waals surface area contributed by atoms with Gasteiger partial charge in [0.15, 0.2) is 0 Å². The SMILES string of the molecule is C[CH]=[Ti]([CH2]c1ccccc1)([CH2]c1ccccc1)([CH]1C(C)=Cc2ccccc21)[CH]1C(C)=Cc2ccccc21. The van der Waals surface area contributed by atoms with Crippen molar-refractivity contribution >= 4 is 16.5 Å². The van der Waals surface area contributed by atoms with Gasteiger partial charge >= 0.3 is 224 Å². The molecule has 0 aliphatic heterocycles. The number of fused-ring (bicyclic) bond motifs is 2. The average molecular weight is 517 g/mol. The molecule has 2 aliphatic rings. The maximum absolute atomic E-state index is 3.89. The number of benzene rings is 4. The molecular weight excluding hydrogens is 480 g/mol. The van der Waals surface area contributed by atoms with Gasteiger partial charge in [-0.3, -0.25) is 0 Å². The first-order chi connectivity index (χ1) is 18.0. The molecule has 0 heterocycles. The van der Waals surface area contributed by atoms with E-state index in [-0.39, 0.29) is 0 Å². The van der Waals surface area contributed by atoms with Gasteiger partial charge in [0, 0.05) is 0 Å². The molecule has 0 bridgehead atoms. The van der Waals surface area contributed by atoms with Crippen LogP contribution in [0.3, 0.4) is 0 Å². The van der Waals surface area contributed by atoms with E-state index in [1.165, 1.54) is 22.3 Å². The van der Waals surface area contributed by atoms with Crippen LogP contribution in [0.2, 0.25) is 0 Å². The van der Waals surface area contributed by atoms with E-state index in [0.29, 0.717) is 8.45 Å². The van der Waals surface area contributed by atoms with Gasteiger partial charge in [-0.25, -0.2) is 0 Å². The van der Waals surface area contributed by atoms with E-state index >= 15 is 0 Å². The van der Waals surface area contributed by atoms with Crippen LogP contribution in [0.15, 0.2) is 120 Å². The Kier molecular flexibility index (Phi) is 6.14. The predicted octanol–water partition coefficient (Wildman–Crippen LogP) is 9.21. The molecule has 0 nitrogen and oxygen atoms in total. The Bertz CT molecular complexity index is 1470. The Labute approximate surface area is 222 Å². The molecule has 184 valence electrons. The van der Waals surface area contributed by atoms with Crippen molar-refractivity contribution in [2.45, 2.75) is 38.7 Å². The summed E-state index contributed by atoms with van der Waals surface area (Å²) in [6, 6.07) is 41.1. The molecule has 4 aromatic rings. The van der Waals surface area contributed by atoms with Crippen LogP contribution in [-0.4, -0.2) is 4.31 Å². The molecule has 0 saturated heterocycles. The first-order valence-electron chi connectivity index (χ1n) is 13.6. The molecule has 37 heavy (non-hydrogen) atoms. The van der Waals surface area contributed by atoms with E-state index < -0.39 is 14.8 Å². The molecule has 6 rings (SSSR count). The van der Waals surface area contributed by atoms with Crippen LogP contribution in [0.1, 0.15) is 62.6 Å². The molecule has 0 aromatic heterocycles. The molecule has 4 aromatic carbocycles. The molecule has 0 radical (unpaired) electrons. The van der Waals surface area contributed by atoms with Crippen LogP contribution in [0.25, 0.3) is 12.2 Å². The van der Waals surface area contributed by atoms with Gasteiger partial charge in [0.25, 0.3) is 0 Å². The quantitative estimate of drug-likeness (QED) is 0.224. The number of allylic oxidation sites excluding steroid dienone is 2. The van der Waals surface area contributed by atoms with E-state index in [9.17, 15) is 0 Å². The minimum absolute atomic E-state index is 0.443. The molecule has 2 unspecified atom stereocenters. The summed E-state index contributed by atoms with van der Waals surface area (Å²) < 4.78 is 6.00. The number of rotatable bonds is 6. The van der Waals surface area contributed by atoms with Gasteiger partial charge in [-0.05, 0) is 0 Å². The van der Waals surface area contributed by atoms with E-state index in [0.717, 1.165) is 9.45 Å². The molecule has 1 heteroatoms. The molecule has 0 N–H and O–H groups in total. The molecule has 0 fully saturated rings. The summed E-state index contributed by atoms with van der Waals surface area (Å²) in [5.74, 6) is 0. The third-order valence-electron chi connectivity index (χ3n) is 9.47. The second-order valence-corrected chi connectivity index (χ2v) is 21.5. The Morgan fingerprint density at radius 2 is 0.919 bits per heavy atom. The van der Waals surface area contributed by atoms with Gasteiger partial charge in [0.1, 0.15) is 0 Å². The van der Waals surface area contributed by atoms with Crippen molar-refractivity contribution in [3.05, 3.63) is 154 Å². The Balaban J connectivity index is 1.74. The van der Waals surface area contributed by atoms with Gasteiger partial charge < -0.3 is 0 Å². The second-order valence-electron chi connectivity index (χ2n) is 11.5. The maximum atomic E-state index is 2.81. The van der Waals surface area contributed by atoms with Crippen LogP contribution in [0.4, 0.5) is 0 Å². The normalized spacial score (nSPS) is 18.6. The summed E-state index contributed by atoms with van der Waals surface area (Å²) in [5, 5.41) is 0. The zero-order valence-electron chi connectivity index (χ0n) is 22.2. The van der Waals surface area contributed by atoms with Crippen molar-refractivity contribution in [2.75, 3.05) is 0 Å². The summed E-state index contributed by atoms with van der Waals surface area (Å²) in [5.41, 5.74) is 11.9.